The lowest BCUT2D eigenvalue weighted by Gasteiger charge is -2.02. The van der Waals surface area contributed by atoms with Crippen LogP contribution in [0.25, 0.3) is 6.08 Å². The van der Waals surface area contributed by atoms with Crippen molar-refractivity contribution < 1.29 is 18.3 Å². The van der Waals surface area contributed by atoms with Gasteiger partial charge in [0.05, 0.1) is 5.56 Å². The summed E-state index contributed by atoms with van der Waals surface area (Å²) >= 11 is 0. The molecule has 0 spiro atoms. The van der Waals surface area contributed by atoms with E-state index in [2.05, 4.69) is 6.58 Å². The fraction of sp³-hybridized carbons (Fsp3) is 0.0556. The molecule has 112 valence electrons. The first-order valence-corrected chi connectivity index (χ1v) is 6.61. The van der Waals surface area contributed by atoms with Crippen LogP contribution in [-0.2, 0) is 0 Å². The van der Waals surface area contributed by atoms with E-state index in [0.29, 0.717) is 18.4 Å². The highest BCUT2D eigenvalue weighted by Crippen LogP contribution is 2.15. The predicted octanol–water partition coefficient (Wildman–Crippen LogP) is 4.43. The number of carbonyl (C=O) groups excluding carboxylic acids is 1. The van der Waals surface area contributed by atoms with Crippen LogP contribution < -0.4 is 4.74 Å². The van der Waals surface area contributed by atoms with Crippen molar-refractivity contribution in [1.82, 2.24) is 0 Å². The molecule has 22 heavy (non-hydrogen) atoms. The van der Waals surface area contributed by atoms with E-state index in [1.54, 1.807) is 36.4 Å². The monoisotopic (exact) mass is 300 g/mol. The van der Waals surface area contributed by atoms with Crippen LogP contribution in [0.15, 0.2) is 61.2 Å². The molecule has 0 unspecified atom stereocenters. The fourth-order valence-electron chi connectivity index (χ4n) is 1.78. The highest BCUT2D eigenvalue weighted by atomic mass is 19.1. The second-order valence-electron chi connectivity index (χ2n) is 4.49. The zero-order chi connectivity index (χ0) is 15.9. The molecular weight excluding hydrogens is 286 g/mol. The minimum Gasteiger partial charge on any atom is -0.490 e. The molecule has 2 nitrogen and oxygen atoms in total. The lowest BCUT2D eigenvalue weighted by Crippen LogP contribution is -1.99. The number of halogens is 2. The number of ketones is 1. The summed E-state index contributed by atoms with van der Waals surface area (Å²) in [5.41, 5.74) is 0.602. The van der Waals surface area contributed by atoms with Crippen molar-refractivity contribution >= 4 is 11.9 Å². The summed E-state index contributed by atoms with van der Waals surface area (Å²) in [5, 5.41) is 0. The normalized spacial score (nSPS) is 10.6. The summed E-state index contributed by atoms with van der Waals surface area (Å²) in [6, 6.07) is 9.91. The molecule has 0 aliphatic heterocycles. The minimum atomic E-state index is -0.872. The van der Waals surface area contributed by atoms with Gasteiger partial charge in [0.2, 0.25) is 0 Å². The number of hydrogen-bond donors (Lipinski definition) is 0. The van der Waals surface area contributed by atoms with Crippen LogP contribution in [0.5, 0.6) is 5.75 Å². The minimum absolute atomic E-state index is 0.163. The van der Waals surface area contributed by atoms with E-state index in [4.69, 9.17) is 4.74 Å². The Labute approximate surface area is 127 Å². The van der Waals surface area contributed by atoms with E-state index in [1.807, 2.05) is 0 Å². The lowest BCUT2D eigenvalue weighted by molar-refractivity contribution is 0.104. The van der Waals surface area contributed by atoms with Gasteiger partial charge >= 0.3 is 0 Å². The first-order valence-electron chi connectivity index (χ1n) is 6.61. The number of carbonyl (C=O) groups is 1. The van der Waals surface area contributed by atoms with Gasteiger partial charge in [-0.2, -0.15) is 0 Å². The molecule has 0 N–H and O–H groups in total. The maximum absolute atomic E-state index is 13.5. The van der Waals surface area contributed by atoms with Gasteiger partial charge in [0.25, 0.3) is 0 Å². The van der Waals surface area contributed by atoms with Gasteiger partial charge < -0.3 is 4.74 Å². The van der Waals surface area contributed by atoms with E-state index in [-0.39, 0.29) is 5.56 Å². The van der Waals surface area contributed by atoms with Crippen molar-refractivity contribution in [3.8, 4) is 5.75 Å². The standard InChI is InChI=1S/C18H14F2O2/c1-2-11-22-15-7-3-13(4-8-15)5-10-18(21)16-9-6-14(19)12-17(16)20/h2-10,12H,1,11H2. The Balaban J connectivity index is 2.07. The van der Waals surface area contributed by atoms with Crippen LogP contribution in [0.2, 0.25) is 0 Å². The molecule has 0 heterocycles. The van der Waals surface area contributed by atoms with Crippen LogP contribution >= 0.6 is 0 Å². The second kappa shape index (κ2) is 7.31. The summed E-state index contributed by atoms with van der Waals surface area (Å²) in [4.78, 5) is 11.9. The van der Waals surface area contributed by atoms with Gasteiger partial charge in [-0.1, -0.05) is 30.9 Å². The van der Waals surface area contributed by atoms with Gasteiger partial charge in [-0.05, 0) is 35.9 Å². The summed E-state index contributed by atoms with van der Waals surface area (Å²) < 4.78 is 31.6. The number of rotatable bonds is 6. The summed E-state index contributed by atoms with van der Waals surface area (Å²) in [5.74, 6) is -1.42. The zero-order valence-corrected chi connectivity index (χ0v) is 11.8. The molecule has 0 atom stereocenters. The smallest absolute Gasteiger partial charge is 0.188 e. The molecule has 0 amide bonds. The number of allylic oxidation sites excluding steroid dienone is 1. The molecule has 0 saturated carbocycles. The van der Waals surface area contributed by atoms with Gasteiger partial charge in [-0.25, -0.2) is 8.78 Å². The molecule has 2 aromatic rings. The Kier molecular flexibility index (Phi) is 5.20. The van der Waals surface area contributed by atoms with Crippen LogP contribution in [0, 0.1) is 11.6 Å². The van der Waals surface area contributed by atoms with E-state index >= 15 is 0 Å². The van der Waals surface area contributed by atoms with Crippen LogP contribution in [0.3, 0.4) is 0 Å². The number of hydrogen-bond acceptors (Lipinski definition) is 2. The summed E-state index contributed by atoms with van der Waals surface area (Å²) in [7, 11) is 0. The molecule has 2 aromatic carbocycles. The molecule has 0 aliphatic rings. The van der Waals surface area contributed by atoms with Gasteiger partial charge in [0, 0.05) is 6.07 Å². The van der Waals surface area contributed by atoms with Crippen LogP contribution in [0.4, 0.5) is 8.78 Å². The number of ether oxygens (including phenoxy) is 1. The molecule has 0 aliphatic carbocycles. The molecule has 0 radical (unpaired) electrons. The maximum Gasteiger partial charge on any atom is 0.188 e. The molecule has 2 rings (SSSR count). The Morgan fingerprint density at radius 3 is 2.50 bits per heavy atom. The lowest BCUT2D eigenvalue weighted by atomic mass is 10.1. The van der Waals surface area contributed by atoms with Crippen LogP contribution in [0.1, 0.15) is 15.9 Å². The average Bonchev–Trinajstić information content (AvgIpc) is 2.51. The first-order chi connectivity index (χ1) is 10.6. The molecular formula is C18H14F2O2. The molecule has 0 saturated heterocycles. The van der Waals surface area contributed by atoms with Crippen molar-refractivity contribution in [1.29, 1.82) is 0 Å². The van der Waals surface area contributed by atoms with E-state index in [1.165, 1.54) is 6.08 Å². The second-order valence-corrected chi connectivity index (χ2v) is 4.49. The average molecular weight is 300 g/mol. The fourth-order valence-corrected chi connectivity index (χ4v) is 1.78. The Morgan fingerprint density at radius 2 is 1.86 bits per heavy atom. The summed E-state index contributed by atoms with van der Waals surface area (Å²) in [6.07, 6.45) is 4.45. The largest absolute Gasteiger partial charge is 0.490 e. The third-order valence-electron chi connectivity index (χ3n) is 2.87. The Bertz CT molecular complexity index is 704. The highest BCUT2D eigenvalue weighted by molar-refractivity contribution is 6.06. The van der Waals surface area contributed by atoms with Crippen molar-refractivity contribution in [2.75, 3.05) is 6.61 Å². The predicted molar refractivity (Wildman–Crippen MR) is 81.9 cm³/mol. The zero-order valence-electron chi connectivity index (χ0n) is 11.8. The first kappa shape index (κ1) is 15.6. The van der Waals surface area contributed by atoms with Gasteiger partial charge in [-0.15, -0.1) is 0 Å². The van der Waals surface area contributed by atoms with E-state index in [9.17, 15) is 13.6 Å². The molecule has 4 heteroatoms. The van der Waals surface area contributed by atoms with Crippen molar-refractivity contribution in [3.05, 3.63) is 84.0 Å². The topological polar surface area (TPSA) is 26.3 Å². The van der Waals surface area contributed by atoms with Crippen molar-refractivity contribution in [2.24, 2.45) is 0 Å². The summed E-state index contributed by atoms with van der Waals surface area (Å²) in [6.45, 7) is 3.97. The Morgan fingerprint density at radius 1 is 1.14 bits per heavy atom. The Hall–Kier alpha value is -2.75. The molecule has 0 aromatic heterocycles. The highest BCUT2D eigenvalue weighted by Gasteiger charge is 2.09. The van der Waals surface area contributed by atoms with Crippen molar-refractivity contribution in [2.45, 2.75) is 0 Å². The maximum atomic E-state index is 13.5. The molecule has 0 fully saturated rings. The SMILES string of the molecule is C=CCOc1ccc(C=CC(=O)c2ccc(F)cc2F)cc1. The molecule has 0 bridgehead atoms. The third-order valence-corrected chi connectivity index (χ3v) is 2.87. The van der Waals surface area contributed by atoms with Crippen molar-refractivity contribution in [3.63, 3.8) is 0 Å². The quantitative estimate of drug-likeness (QED) is 0.448. The van der Waals surface area contributed by atoms with Gasteiger partial charge in [0.15, 0.2) is 5.78 Å². The van der Waals surface area contributed by atoms with E-state index < -0.39 is 17.4 Å². The van der Waals surface area contributed by atoms with Gasteiger partial charge in [-0.3, -0.25) is 4.79 Å². The third kappa shape index (κ3) is 4.12. The number of benzene rings is 2. The van der Waals surface area contributed by atoms with E-state index in [0.717, 1.165) is 17.7 Å². The van der Waals surface area contributed by atoms with Gasteiger partial charge in [0.1, 0.15) is 24.0 Å². The van der Waals surface area contributed by atoms with Crippen LogP contribution in [-0.4, -0.2) is 12.4 Å².